The van der Waals surface area contributed by atoms with E-state index >= 15 is 0 Å². The van der Waals surface area contributed by atoms with Gasteiger partial charge in [-0.2, -0.15) is 0 Å². The highest BCUT2D eigenvalue weighted by Gasteiger charge is 2.28. The van der Waals surface area contributed by atoms with E-state index in [4.69, 9.17) is 0 Å². The van der Waals surface area contributed by atoms with Gasteiger partial charge in [-0.25, -0.2) is 9.59 Å². The van der Waals surface area contributed by atoms with Gasteiger partial charge in [-0.15, -0.1) is 0 Å². The van der Waals surface area contributed by atoms with E-state index in [0.29, 0.717) is 5.75 Å². The number of carbonyl (C=O) groups excluding carboxylic acids is 3. The van der Waals surface area contributed by atoms with Gasteiger partial charge >= 0.3 is 23.5 Å². The number of rotatable bonds is 6. The lowest BCUT2D eigenvalue weighted by molar-refractivity contribution is -0.189. The van der Waals surface area contributed by atoms with Crippen LogP contribution in [-0.2, 0) is 23.8 Å². The first kappa shape index (κ1) is 15.8. The van der Waals surface area contributed by atoms with E-state index in [-0.39, 0.29) is 13.0 Å². The Morgan fingerprint density at radius 3 is 2.24 bits per heavy atom. The molecule has 0 aromatic heterocycles. The van der Waals surface area contributed by atoms with Crippen molar-refractivity contribution in [2.75, 3.05) is 12.4 Å². The van der Waals surface area contributed by atoms with Gasteiger partial charge in [0.25, 0.3) is 0 Å². The van der Waals surface area contributed by atoms with Crippen molar-refractivity contribution in [1.82, 2.24) is 0 Å². The van der Waals surface area contributed by atoms with Crippen molar-refractivity contribution in [3.05, 3.63) is 0 Å². The van der Waals surface area contributed by atoms with E-state index in [9.17, 15) is 14.4 Å². The molecule has 1 unspecified atom stereocenters. The molecule has 0 heterocycles. The zero-order chi connectivity index (χ0) is 13.3. The molecule has 0 bridgehead atoms. The highest BCUT2D eigenvalue weighted by molar-refractivity contribution is 8.13. The van der Waals surface area contributed by atoms with Gasteiger partial charge in [-0.05, 0) is 18.7 Å². The van der Waals surface area contributed by atoms with Gasteiger partial charge in [0.2, 0.25) is 0 Å². The molecule has 7 heteroatoms. The third-order valence-corrected chi connectivity index (χ3v) is 2.09. The van der Waals surface area contributed by atoms with E-state index in [1.165, 1.54) is 0 Å². The molecule has 98 valence electrons. The maximum absolute atomic E-state index is 11.3. The van der Waals surface area contributed by atoms with Crippen LogP contribution in [0.5, 0.6) is 0 Å². The summed E-state index contributed by atoms with van der Waals surface area (Å²) < 4.78 is 14.0. The maximum atomic E-state index is 11.3. The highest BCUT2D eigenvalue weighted by atomic mass is 32.2. The summed E-state index contributed by atoms with van der Waals surface area (Å²) in [6.45, 7) is 5.02. The molecule has 1 atom stereocenters. The van der Waals surface area contributed by atoms with Crippen LogP contribution < -0.4 is 0 Å². The van der Waals surface area contributed by atoms with Gasteiger partial charge in [-0.3, -0.25) is 4.79 Å². The van der Waals surface area contributed by atoms with E-state index < -0.39 is 23.5 Å². The molecule has 0 saturated heterocycles. The summed E-state index contributed by atoms with van der Waals surface area (Å²) in [5, 5.41) is -0.686. The summed E-state index contributed by atoms with van der Waals surface area (Å²) in [6.07, 6.45) is -1.54. The lowest BCUT2D eigenvalue weighted by Crippen LogP contribution is -2.32. The van der Waals surface area contributed by atoms with Crippen LogP contribution in [0.2, 0.25) is 0 Å². The largest absolute Gasteiger partial charge is 0.460 e. The van der Waals surface area contributed by atoms with E-state index in [2.05, 4.69) is 14.2 Å². The van der Waals surface area contributed by atoms with Gasteiger partial charge in [0.15, 0.2) is 0 Å². The SMILES string of the molecule is CCOC(=O)C(OC(=O)CC)OC(=O)SCC. The average Bonchev–Trinajstić information content (AvgIpc) is 2.28. The summed E-state index contributed by atoms with van der Waals surface area (Å²) in [5.41, 5.74) is 0. The molecule has 0 aromatic rings. The van der Waals surface area contributed by atoms with Crippen molar-refractivity contribution in [3.63, 3.8) is 0 Å². The molecule has 0 aromatic carbocycles. The van der Waals surface area contributed by atoms with Crippen molar-refractivity contribution in [1.29, 1.82) is 0 Å². The molecule has 0 spiro atoms. The molecule has 0 amide bonds. The molecule has 0 aliphatic carbocycles. The Labute approximate surface area is 104 Å². The normalized spacial score (nSPS) is 11.5. The Balaban J connectivity index is 4.44. The first-order chi connectivity index (χ1) is 8.04. The second kappa shape index (κ2) is 8.86. The van der Waals surface area contributed by atoms with Gasteiger partial charge < -0.3 is 14.2 Å². The Hall–Kier alpha value is -1.24. The van der Waals surface area contributed by atoms with E-state index in [1.54, 1.807) is 20.8 Å². The molecular formula is C10H16O6S. The standard InChI is InChI=1S/C10H16O6S/c1-4-7(11)15-9(8(12)14-5-2)16-10(13)17-6-3/h9H,4-6H2,1-3H3. The molecule has 0 radical (unpaired) electrons. The molecule has 0 fully saturated rings. The van der Waals surface area contributed by atoms with Crippen LogP contribution in [0.4, 0.5) is 4.79 Å². The van der Waals surface area contributed by atoms with Crippen LogP contribution in [0, 0.1) is 0 Å². The van der Waals surface area contributed by atoms with Crippen LogP contribution in [-0.4, -0.2) is 35.9 Å². The van der Waals surface area contributed by atoms with Crippen LogP contribution >= 0.6 is 11.8 Å². The van der Waals surface area contributed by atoms with Gasteiger partial charge in [0.1, 0.15) is 0 Å². The van der Waals surface area contributed by atoms with Crippen LogP contribution in [0.1, 0.15) is 27.2 Å². The van der Waals surface area contributed by atoms with Gasteiger partial charge in [0.05, 0.1) is 6.61 Å². The second-order valence-corrected chi connectivity index (χ2v) is 3.93. The number of carbonyl (C=O) groups is 3. The predicted octanol–water partition coefficient (Wildman–Crippen LogP) is 1.72. The lowest BCUT2D eigenvalue weighted by Gasteiger charge is -2.15. The third-order valence-electron chi connectivity index (χ3n) is 1.47. The van der Waals surface area contributed by atoms with Crippen LogP contribution in [0.15, 0.2) is 0 Å². The zero-order valence-corrected chi connectivity index (χ0v) is 10.9. The molecule has 6 nitrogen and oxygen atoms in total. The first-order valence-electron chi connectivity index (χ1n) is 5.24. The number of hydrogen-bond acceptors (Lipinski definition) is 7. The molecule has 0 N–H and O–H groups in total. The quantitative estimate of drug-likeness (QED) is 0.533. The van der Waals surface area contributed by atoms with Crippen LogP contribution in [0.3, 0.4) is 0 Å². The first-order valence-corrected chi connectivity index (χ1v) is 6.23. The number of hydrogen-bond donors (Lipinski definition) is 0. The number of esters is 2. The van der Waals surface area contributed by atoms with Crippen molar-refractivity contribution in [2.24, 2.45) is 0 Å². The number of thioether (sulfide) groups is 1. The van der Waals surface area contributed by atoms with E-state index in [1.807, 2.05) is 0 Å². The fourth-order valence-electron chi connectivity index (χ4n) is 0.773. The fourth-order valence-corrected chi connectivity index (χ4v) is 1.16. The topological polar surface area (TPSA) is 78.9 Å². The Morgan fingerprint density at radius 1 is 1.12 bits per heavy atom. The summed E-state index contributed by atoms with van der Waals surface area (Å²) in [6, 6.07) is 0. The molecule has 0 aliphatic rings. The molecule has 0 saturated carbocycles. The van der Waals surface area contributed by atoms with Gasteiger partial charge in [-0.1, -0.05) is 13.8 Å². The van der Waals surface area contributed by atoms with Crippen molar-refractivity contribution >= 4 is 29.0 Å². The molecular weight excluding hydrogens is 248 g/mol. The Kier molecular flexibility index (Phi) is 8.21. The van der Waals surface area contributed by atoms with E-state index in [0.717, 1.165) is 11.8 Å². The third kappa shape index (κ3) is 6.83. The molecule has 0 rings (SSSR count). The maximum Gasteiger partial charge on any atom is 0.389 e. The van der Waals surface area contributed by atoms with Gasteiger partial charge in [0, 0.05) is 12.2 Å². The minimum absolute atomic E-state index is 0.0778. The predicted molar refractivity (Wildman–Crippen MR) is 61.4 cm³/mol. The smallest absolute Gasteiger partial charge is 0.389 e. The number of ether oxygens (including phenoxy) is 3. The average molecular weight is 264 g/mol. The van der Waals surface area contributed by atoms with Crippen molar-refractivity contribution in [3.8, 4) is 0 Å². The minimum Gasteiger partial charge on any atom is -0.460 e. The fraction of sp³-hybridized carbons (Fsp3) is 0.700. The zero-order valence-electron chi connectivity index (χ0n) is 10.1. The highest BCUT2D eigenvalue weighted by Crippen LogP contribution is 2.10. The lowest BCUT2D eigenvalue weighted by atomic mass is 10.5. The summed E-state index contributed by atoms with van der Waals surface area (Å²) in [4.78, 5) is 33.6. The second-order valence-electron chi connectivity index (χ2n) is 2.73. The Bertz CT molecular complexity index is 278. The summed E-state index contributed by atoms with van der Waals surface area (Å²) in [5.74, 6) is -1.03. The van der Waals surface area contributed by atoms with Crippen molar-refractivity contribution < 1.29 is 28.6 Å². The summed E-state index contributed by atoms with van der Waals surface area (Å²) >= 11 is 0.870. The van der Waals surface area contributed by atoms with Crippen molar-refractivity contribution in [2.45, 2.75) is 33.5 Å². The minimum atomic E-state index is -1.62. The molecule has 0 aliphatic heterocycles. The Morgan fingerprint density at radius 2 is 1.76 bits per heavy atom. The summed E-state index contributed by atoms with van der Waals surface area (Å²) in [7, 11) is 0. The molecule has 17 heavy (non-hydrogen) atoms. The van der Waals surface area contributed by atoms with Crippen LogP contribution in [0.25, 0.3) is 0 Å². The monoisotopic (exact) mass is 264 g/mol.